The molecule has 0 aliphatic carbocycles. The fourth-order valence-electron chi connectivity index (χ4n) is 2.00. The van der Waals surface area contributed by atoms with Crippen molar-refractivity contribution in [3.8, 4) is 0 Å². The third kappa shape index (κ3) is 5.74. The molecule has 1 aliphatic rings. The molecule has 0 aromatic rings. The number of allylic oxidation sites excluding steroid dienone is 1. The second-order valence-electron chi connectivity index (χ2n) is 5.13. The van der Waals surface area contributed by atoms with Crippen molar-refractivity contribution in [3.05, 3.63) is 12.3 Å². The van der Waals surface area contributed by atoms with Gasteiger partial charge in [-0.05, 0) is 33.9 Å². The topological polar surface area (TPSA) is 61.9 Å². The van der Waals surface area contributed by atoms with Crippen LogP contribution in [0, 0.1) is 0 Å². The minimum atomic E-state index is -0.467. The van der Waals surface area contributed by atoms with Gasteiger partial charge < -0.3 is 19.9 Å². The average molecular weight is 269 g/mol. The van der Waals surface area contributed by atoms with Gasteiger partial charge in [-0.2, -0.15) is 0 Å². The number of likely N-dealkylation sites (tertiary alicyclic amines) is 1. The summed E-state index contributed by atoms with van der Waals surface area (Å²) in [5.74, 6) is 0.504. The number of alkyl carbamates (subject to hydrolysis) is 1. The van der Waals surface area contributed by atoms with Gasteiger partial charge in [0.1, 0.15) is 0 Å². The summed E-state index contributed by atoms with van der Waals surface area (Å²) in [6.45, 7) is 6.91. The Bertz CT molecular complexity index is 347. The number of nitrogens with one attached hydrogen (secondary N) is 1. The van der Waals surface area contributed by atoms with Crippen LogP contribution in [0.5, 0.6) is 0 Å². The summed E-state index contributed by atoms with van der Waals surface area (Å²) in [6, 6.07) is 0.0651. The van der Waals surface area contributed by atoms with E-state index in [2.05, 4.69) is 11.9 Å². The lowest BCUT2D eigenvalue weighted by Gasteiger charge is -2.32. The van der Waals surface area contributed by atoms with Gasteiger partial charge in [-0.15, -0.1) is 0 Å². The van der Waals surface area contributed by atoms with E-state index in [1.54, 1.807) is 6.92 Å². The van der Waals surface area contributed by atoms with E-state index in [4.69, 9.17) is 4.74 Å². The summed E-state index contributed by atoms with van der Waals surface area (Å²) in [7, 11) is 3.75. The molecular weight excluding hydrogens is 246 g/mol. The summed E-state index contributed by atoms with van der Waals surface area (Å²) in [5, 5.41) is 2.78. The highest BCUT2D eigenvalue weighted by atomic mass is 16.6. The summed E-state index contributed by atoms with van der Waals surface area (Å²) in [5.41, 5.74) is 0. The van der Waals surface area contributed by atoms with Crippen LogP contribution in [0.2, 0.25) is 0 Å². The third-order valence-corrected chi connectivity index (χ3v) is 2.89. The van der Waals surface area contributed by atoms with Crippen molar-refractivity contribution < 1.29 is 14.3 Å². The smallest absolute Gasteiger partial charge is 0.412 e. The van der Waals surface area contributed by atoms with Gasteiger partial charge in [0.2, 0.25) is 5.91 Å². The van der Waals surface area contributed by atoms with E-state index in [-0.39, 0.29) is 11.9 Å². The van der Waals surface area contributed by atoms with Crippen molar-refractivity contribution in [2.75, 3.05) is 33.7 Å². The van der Waals surface area contributed by atoms with Gasteiger partial charge in [0, 0.05) is 19.1 Å². The third-order valence-electron chi connectivity index (χ3n) is 2.89. The molecule has 0 saturated carbocycles. The van der Waals surface area contributed by atoms with Crippen LogP contribution in [0.1, 0.15) is 19.8 Å². The van der Waals surface area contributed by atoms with Crippen LogP contribution in [0.4, 0.5) is 4.79 Å². The fourth-order valence-corrected chi connectivity index (χ4v) is 2.00. The van der Waals surface area contributed by atoms with Crippen LogP contribution >= 0.6 is 0 Å². The van der Waals surface area contributed by atoms with E-state index < -0.39 is 6.09 Å². The molecule has 0 aromatic heterocycles. The summed E-state index contributed by atoms with van der Waals surface area (Å²) in [6.07, 6.45) is 1.04. The molecule has 1 fully saturated rings. The maximum atomic E-state index is 11.8. The number of piperidine rings is 1. The van der Waals surface area contributed by atoms with E-state index in [0.717, 1.165) is 12.8 Å². The van der Waals surface area contributed by atoms with Crippen LogP contribution in [-0.4, -0.2) is 61.6 Å². The lowest BCUT2D eigenvalue weighted by atomic mass is 10.1. The Hall–Kier alpha value is -1.56. The second kappa shape index (κ2) is 7.13. The normalized spacial score (nSPS) is 16.3. The maximum absolute atomic E-state index is 11.8. The molecule has 1 heterocycles. The molecular formula is C13H23N3O3. The number of nitrogens with zero attached hydrogens (tertiary/aromatic N) is 2. The van der Waals surface area contributed by atoms with Crippen molar-refractivity contribution in [1.82, 2.24) is 15.1 Å². The number of ether oxygens (including phenoxy) is 1. The minimum absolute atomic E-state index is 0.0651. The molecule has 19 heavy (non-hydrogen) atoms. The lowest BCUT2D eigenvalue weighted by Crippen LogP contribution is -2.48. The van der Waals surface area contributed by atoms with E-state index in [9.17, 15) is 9.59 Å². The van der Waals surface area contributed by atoms with Crippen molar-refractivity contribution in [2.24, 2.45) is 0 Å². The zero-order valence-corrected chi connectivity index (χ0v) is 11.9. The van der Waals surface area contributed by atoms with Crippen LogP contribution < -0.4 is 5.32 Å². The Morgan fingerprint density at radius 2 is 1.95 bits per heavy atom. The first-order valence-corrected chi connectivity index (χ1v) is 6.45. The van der Waals surface area contributed by atoms with Crippen LogP contribution in [-0.2, 0) is 9.53 Å². The van der Waals surface area contributed by atoms with Gasteiger partial charge in [-0.25, -0.2) is 4.79 Å². The van der Waals surface area contributed by atoms with Gasteiger partial charge >= 0.3 is 6.09 Å². The zero-order chi connectivity index (χ0) is 14.4. The number of hydrogen-bond donors (Lipinski definition) is 1. The standard InChI is InChI=1S/C13H23N3O3/c1-10(2)19-13(18)14-11-5-7-16(8-6-11)12(17)9-15(3)4/h11H,1,5-9H2,2-4H3,(H,14,18). The fraction of sp³-hybridized carbons (Fsp3) is 0.692. The Balaban J connectivity index is 2.30. The number of likely N-dealkylation sites (N-methyl/N-ethyl adjacent to an activating group) is 1. The molecule has 2 amide bonds. The molecule has 0 radical (unpaired) electrons. The van der Waals surface area contributed by atoms with Crippen LogP contribution in [0.15, 0.2) is 12.3 Å². The lowest BCUT2D eigenvalue weighted by molar-refractivity contribution is -0.132. The van der Waals surface area contributed by atoms with E-state index >= 15 is 0 Å². The van der Waals surface area contributed by atoms with Gasteiger partial charge in [-0.1, -0.05) is 6.58 Å². The molecule has 0 spiro atoms. The minimum Gasteiger partial charge on any atom is -0.416 e. The molecule has 1 saturated heterocycles. The summed E-state index contributed by atoms with van der Waals surface area (Å²) >= 11 is 0. The van der Waals surface area contributed by atoms with Crippen molar-refractivity contribution in [3.63, 3.8) is 0 Å². The van der Waals surface area contributed by atoms with Crippen molar-refractivity contribution >= 4 is 12.0 Å². The highest BCUT2D eigenvalue weighted by Crippen LogP contribution is 2.11. The molecule has 1 aliphatic heterocycles. The van der Waals surface area contributed by atoms with Gasteiger partial charge in [-0.3, -0.25) is 4.79 Å². The number of rotatable bonds is 4. The number of carbonyl (C=O) groups excluding carboxylic acids is 2. The number of carbonyl (C=O) groups is 2. The molecule has 1 rings (SSSR count). The first-order chi connectivity index (χ1) is 8.88. The Morgan fingerprint density at radius 3 is 2.42 bits per heavy atom. The second-order valence-corrected chi connectivity index (χ2v) is 5.13. The summed E-state index contributed by atoms with van der Waals surface area (Å²) < 4.78 is 4.85. The molecule has 0 atom stereocenters. The Labute approximate surface area is 114 Å². The quantitative estimate of drug-likeness (QED) is 0.767. The SMILES string of the molecule is C=C(C)OC(=O)NC1CCN(C(=O)CN(C)C)CC1. The summed E-state index contributed by atoms with van der Waals surface area (Å²) in [4.78, 5) is 26.9. The van der Waals surface area contributed by atoms with Crippen LogP contribution in [0.3, 0.4) is 0 Å². The number of hydrogen-bond acceptors (Lipinski definition) is 4. The largest absolute Gasteiger partial charge is 0.416 e. The van der Waals surface area contributed by atoms with E-state index in [0.29, 0.717) is 25.4 Å². The number of amides is 2. The molecule has 108 valence electrons. The predicted octanol–water partition coefficient (Wildman–Crippen LogP) is 0.799. The van der Waals surface area contributed by atoms with Crippen LogP contribution in [0.25, 0.3) is 0 Å². The highest BCUT2D eigenvalue weighted by molar-refractivity contribution is 5.78. The van der Waals surface area contributed by atoms with Crippen molar-refractivity contribution in [1.29, 1.82) is 0 Å². The molecule has 0 aromatic carbocycles. The Morgan fingerprint density at radius 1 is 1.37 bits per heavy atom. The molecule has 0 bridgehead atoms. The first-order valence-electron chi connectivity index (χ1n) is 6.45. The predicted molar refractivity (Wildman–Crippen MR) is 72.6 cm³/mol. The van der Waals surface area contributed by atoms with Gasteiger partial charge in [0.15, 0.2) is 0 Å². The Kier molecular flexibility index (Phi) is 5.82. The monoisotopic (exact) mass is 269 g/mol. The maximum Gasteiger partial charge on any atom is 0.412 e. The average Bonchev–Trinajstić information content (AvgIpc) is 2.27. The van der Waals surface area contributed by atoms with E-state index in [1.165, 1.54) is 0 Å². The zero-order valence-electron chi connectivity index (χ0n) is 11.9. The molecule has 0 unspecified atom stereocenters. The molecule has 6 nitrogen and oxygen atoms in total. The highest BCUT2D eigenvalue weighted by Gasteiger charge is 2.24. The van der Waals surface area contributed by atoms with Gasteiger partial charge in [0.05, 0.1) is 12.3 Å². The molecule has 6 heteroatoms. The first kappa shape index (κ1) is 15.5. The van der Waals surface area contributed by atoms with Crippen molar-refractivity contribution in [2.45, 2.75) is 25.8 Å². The van der Waals surface area contributed by atoms with E-state index in [1.807, 2.05) is 23.9 Å². The van der Waals surface area contributed by atoms with Gasteiger partial charge in [0.25, 0.3) is 0 Å². The molecule has 1 N–H and O–H groups in total.